The molecule has 0 N–H and O–H groups in total. The Morgan fingerprint density at radius 3 is 2.66 bits per heavy atom. The smallest absolute Gasteiger partial charge is 0.227 e. The van der Waals surface area contributed by atoms with Crippen molar-refractivity contribution >= 4 is 5.91 Å². The first-order chi connectivity index (χ1) is 14.2. The van der Waals surface area contributed by atoms with Gasteiger partial charge >= 0.3 is 0 Å². The lowest BCUT2D eigenvalue weighted by Gasteiger charge is -2.44. The van der Waals surface area contributed by atoms with Crippen LogP contribution in [0.15, 0.2) is 24.5 Å². The van der Waals surface area contributed by atoms with Crippen molar-refractivity contribution in [3.63, 3.8) is 0 Å². The largest absolute Gasteiger partial charge is 0.337 e. The van der Waals surface area contributed by atoms with Crippen LogP contribution in [0.5, 0.6) is 0 Å². The molecule has 1 spiro atoms. The number of carbonyl (C=O) groups is 1. The molecule has 4 fully saturated rings. The van der Waals surface area contributed by atoms with Crippen LogP contribution >= 0.6 is 0 Å². The van der Waals surface area contributed by atoms with E-state index in [1.807, 2.05) is 18.5 Å². The van der Waals surface area contributed by atoms with Gasteiger partial charge in [-0.05, 0) is 89.1 Å². The van der Waals surface area contributed by atoms with E-state index in [0.717, 1.165) is 39.1 Å². The fourth-order valence-corrected chi connectivity index (χ4v) is 6.06. The molecule has 1 aliphatic carbocycles. The maximum atomic E-state index is 13.4. The lowest BCUT2D eigenvalue weighted by Crippen LogP contribution is -2.54. The number of hydrogen-bond acceptors (Lipinski definition) is 4. The number of amides is 1. The van der Waals surface area contributed by atoms with Gasteiger partial charge in [-0.3, -0.25) is 19.6 Å². The van der Waals surface area contributed by atoms with Gasteiger partial charge in [-0.2, -0.15) is 0 Å². The number of nitrogens with zero attached hydrogens (tertiary/aromatic N) is 4. The molecule has 5 nitrogen and oxygen atoms in total. The van der Waals surface area contributed by atoms with Gasteiger partial charge in [0.1, 0.15) is 0 Å². The Balaban J connectivity index is 1.14. The van der Waals surface area contributed by atoms with Crippen molar-refractivity contribution in [2.24, 2.45) is 5.92 Å². The molecule has 1 amide bonds. The molecule has 158 valence electrons. The van der Waals surface area contributed by atoms with Crippen LogP contribution in [0.4, 0.5) is 0 Å². The van der Waals surface area contributed by atoms with Gasteiger partial charge in [-0.1, -0.05) is 6.07 Å². The Morgan fingerprint density at radius 2 is 1.90 bits per heavy atom. The topological polar surface area (TPSA) is 39.7 Å². The highest BCUT2D eigenvalue weighted by Gasteiger charge is 2.52. The van der Waals surface area contributed by atoms with Crippen molar-refractivity contribution in [1.29, 1.82) is 0 Å². The normalized spacial score (nSPS) is 28.6. The van der Waals surface area contributed by atoms with Crippen molar-refractivity contribution in [3.05, 3.63) is 30.1 Å². The first kappa shape index (κ1) is 19.5. The van der Waals surface area contributed by atoms with Gasteiger partial charge in [0, 0.05) is 43.6 Å². The molecule has 1 aromatic rings. The summed E-state index contributed by atoms with van der Waals surface area (Å²) in [7, 11) is 0. The van der Waals surface area contributed by atoms with Gasteiger partial charge in [-0.25, -0.2) is 0 Å². The number of piperidine rings is 3. The maximum absolute atomic E-state index is 13.4. The number of pyridine rings is 1. The summed E-state index contributed by atoms with van der Waals surface area (Å²) < 4.78 is 0. The summed E-state index contributed by atoms with van der Waals surface area (Å²) >= 11 is 0. The van der Waals surface area contributed by atoms with Crippen LogP contribution in [0.25, 0.3) is 0 Å². The third kappa shape index (κ3) is 4.22. The number of hydrogen-bond donors (Lipinski definition) is 0. The summed E-state index contributed by atoms with van der Waals surface area (Å²) in [5.74, 6) is 0.730. The van der Waals surface area contributed by atoms with E-state index in [2.05, 4.69) is 25.8 Å². The molecular weight excluding hydrogens is 360 g/mol. The lowest BCUT2D eigenvalue weighted by molar-refractivity contribution is -0.142. The molecule has 1 saturated carbocycles. The minimum Gasteiger partial charge on any atom is -0.337 e. The second-order valence-electron chi connectivity index (χ2n) is 9.87. The SMILES string of the molecule is O=C([C@@H]1CCCN(C2CCN(Cc3cccnc3)CC2)C1)N1CCCCC12CC2. The zero-order valence-corrected chi connectivity index (χ0v) is 17.8. The molecule has 0 aromatic carbocycles. The van der Waals surface area contributed by atoms with E-state index in [4.69, 9.17) is 0 Å². The molecule has 3 saturated heterocycles. The minimum absolute atomic E-state index is 0.243. The van der Waals surface area contributed by atoms with Crippen molar-refractivity contribution in [1.82, 2.24) is 19.7 Å². The van der Waals surface area contributed by atoms with Gasteiger partial charge in [-0.15, -0.1) is 0 Å². The van der Waals surface area contributed by atoms with Crippen LogP contribution in [-0.4, -0.2) is 69.9 Å². The number of carbonyl (C=O) groups excluding carboxylic acids is 1. The molecule has 3 aliphatic heterocycles. The number of likely N-dealkylation sites (tertiary alicyclic amines) is 3. The second kappa shape index (κ2) is 8.35. The third-order valence-corrected chi connectivity index (χ3v) is 7.94. The van der Waals surface area contributed by atoms with Crippen LogP contribution in [0.2, 0.25) is 0 Å². The van der Waals surface area contributed by atoms with Crippen LogP contribution < -0.4 is 0 Å². The molecule has 1 aromatic heterocycles. The molecule has 4 heterocycles. The van der Waals surface area contributed by atoms with Crippen LogP contribution in [0.1, 0.15) is 63.4 Å². The first-order valence-electron chi connectivity index (χ1n) is 11.9. The van der Waals surface area contributed by atoms with E-state index < -0.39 is 0 Å². The van der Waals surface area contributed by atoms with Crippen molar-refractivity contribution in [2.75, 3.05) is 32.7 Å². The van der Waals surface area contributed by atoms with Gasteiger partial charge in [0.15, 0.2) is 0 Å². The molecule has 4 aliphatic rings. The monoisotopic (exact) mass is 396 g/mol. The van der Waals surface area contributed by atoms with Crippen LogP contribution in [-0.2, 0) is 11.3 Å². The minimum atomic E-state index is 0.243. The highest BCUT2D eigenvalue weighted by molar-refractivity contribution is 5.80. The highest BCUT2D eigenvalue weighted by atomic mass is 16.2. The van der Waals surface area contributed by atoms with E-state index in [-0.39, 0.29) is 11.5 Å². The zero-order chi connectivity index (χ0) is 19.7. The van der Waals surface area contributed by atoms with Crippen molar-refractivity contribution < 1.29 is 4.79 Å². The van der Waals surface area contributed by atoms with E-state index in [1.54, 1.807) is 0 Å². The Hall–Kier alpha value is -1.46. The lowest BCUT2D eigenvalue weighted by atomic mass is 9.90. The molecule has 5 rings (SSSR count). The molecule has 0 unspecified atom stereocenters. The standard InChI is InChI=1S/C24H36N4O/c29-23(28-14-2-1-9-24(28)10-11-24)21-6-4-13-27(19-21)22-7-15-26(16-8-22)18-20-5-3-12-25-17-20/h3,5,12,17,21-22H,1-2,4,6-11,13-16,18-19H2/t21-/m1/s1. The van der Waals surface area contributed by atoms with Gasteiger partial charge in [0.25, 0.3) is 0 Å². The summed E-state index contributed by atoms with van der Waals surface area (Å²) in [5.41, 5.74) is 1.60. The Kier molecular flexibility index (Phi) is 5.61. The van der Waals surface area contributed by atoms with Crippen molar-refractivity contribution in [3.8, 4) is 0 Å². The Bertz CT molecular complexity index is 696. The van der Waals surface area contributed by atoms with E-state index in [1.165, 1.54) is 63.5 Å². The quantitative estimate of drug-likeness (QED) is 0.783. The summed E-state index contributed by atoms with van der Waals surface area (Å²) in [5, 5.41) is 0. The van der Waals surface area contributed by atoms with Crippen molar-refractivity contribution in [2.45, 2.75) is 75.9 Å². The zero-order valence-electron chi connectivity index (χ0n) is 17.8. The number of rotatable bonds is 4. The van der Waals surface area contributed by atoms with Crippen LogP contribution in [0.3, 0.4) is 0 Å². The molecule has 29 heavy (non-hydrogen) atoms. The van der Waals surface area contributed by atoms with Crippen LogP contribution in [0, 0.1) is 5.92 Å². The van der Waals surface area contributed by atoms with Gasteiger partial charge < -0.3 is 4.90 Å². The Labute approximate surface area is 175 Å². The molecule has 0 bridgehead atoms. The second-order valence-corrected chi connectivity index (χ2v) is 9.87. The van der Waals surface area contributed by atoms with E-state index in [0.29, 0.717) is 11.9 Å². The fourth-order valence-electron chi connectivity index (χ4n) is 6.06. The van der Waals surface area contributed by atoms with Gasteiger partial charge in [0.2, 0.25) is 5.91 Å². The first-order valence-corrected chi connectivity index (χ1v) is 11.9. The highest BCUT2D eigenvalue weighted by Crippen LogP contribution is 2.49. The predicted octanol–water partition coefficient (Wildman–Crippen LogP) is 3.30. The third-order valence-electron chi connectivity index (χ3n) is 7.94. The number of aromatic nitrogens is 1. The average molecular weight is 397 g/mol. The maximum Gasteiger partial charge on any atom is 0.227 e. The molecule has 0 radical (unpaired) electrons. The summed E-state index contributed by atoms with van der Waals surface area (Å²) in [6.07, 6.45) is 14.9. The van der Waals surface area contributed by atoms with E-state index in [9.17, 15) is 4.79 Å². The molecule has 5 heteroatoms. The fraction of sp³-hybridized carbons (Fsp3) is 0.750. The van der Waals surface area contributed by atoms with Gasteiger partial charge in [0.05, 0.1) is 5.92 Å². The molecule has 1 atom stereocenters. The summed E-state index contributed by atoms with van der Waals surface area (Å²) in [4.78, 5) is 25.2. The van der Waals surface area contributed by atoms with E-state index >= 15 is 0 Å². The summed E-state index contributed by atoms with van der Waals surface area (Å²) in [6, 6.07) is 4.86. The average Bonchev–Trinajstić information content (AvgIpc) is 3.54. The molecular formula is C24H36N4O. The predicted molar refractivity (Wildman–Crippen MR) is 114 cm³/mol. The Morgan fingerprint density at radius 1 is 1.03 bits per heavy atom. The summed E-state index contributed by atoms with van der Waals surface area (Å²) in [6.45, 7) is 6.52.